The van der Waals surface area contributed by atoms with Gasteiger partial charge in [-0.25, -0.2) is 9.50 Å². The summed E-state index contributed by atoms with van der Waals surface area (Å²) in [7, 11) is 1.57. The Morgan fingerprint density at radius 3 is 3.21 bits per heavy atom. The van der Waals surface area contributed by atoms with Crippen LogP contribution < -0.4 is 5.56 Å². The zero-order chi connectivity index (χ0) is 10.1. The average Bonchev–Trinajstić information content (AvgIpc) is 2.49. The number of fused-ring (bicyclic) bond motifs is 1. The highest BCUT2D eigenvalue weighted by atomic mass is 79.9. The molecule has 0 saturated carbocycles. The van der Waals surface area contributed by atoms with E-state index in [0.717, 1.165) is 4.47 Å². The molecule has 2 heterocycles. The first kappa shape index (κ1) is 9.42. The lowest BCUT2D eigenvalue weighted by Gasteiger charge is -1.98. The van der Waals surface area contributed by atoms with Gasteiger partial charge in [-0.1, -0.05) is 0 Å². The fourth-order valence-electron chi connectivity index (χ4n) is 1.22. The van der Waals surface area contributed by atoms with Gasteiger partial charge in [-0.2, -0.15) is 0 Å². The van der Waals surface area contributed by atoms with Crippen LogP contribution in [-0.2, 0) is 11.3 Å². The van der Waals surface area contributed by atoms with E-state index in [0.29, 0.717) is 17.9 Å². The van der Waals surface area contributed by atoms with E-state index in [4.69, 9.17) is 4.74 Å². The number of aromatic nitrogens is 3. The van der Waals surface area contributed by atoms with E-state index < -0.39 is 0 Å². The first-order valence-corrected chi connectivity index (χ1v) is 4.76. The molecule has 0 unspecified atom stereocenters. The van der Waals surface area contributed by atoms with Crippen molar-refractivity contribution in [2.45, 2.75) is 6.61 Å². The fraction of sp³-hybridized carbons (Fsp3) is 0.250. The summed E-state index contributed by atoms with van der Waals surface area (Å²) in [5.41, 5.74) is 1.05. The number of methoxy groups -OCH3 is 1. The molecule has 2 rings (SSSR count). The second kappa shape index (κ2) is 3.55. The molecule has 2 aromatic heterocycles. The van der Waals surface area contributed by atoms with Crippen LogP contribution in [0.2, 0.25) is 0 Å². The molecule has 6 heteroatoms. The summed E-state index contributed by atoms with van der Waals surface area (Å²) in [6.45, 7) is 0.337. The minimum absolute atomic E-state index is 0.146. The summed E-state index contributed by atoms with van der Waals surface area (Å²) >= 11 is 3.29. The molecule has 0 atom stereocenters. The highest BCUT2D eigenvalue weighted by Gasteiger charge is 2.06. The van der Waals surface area contributed by atoms with E-state index in [2.05, 4.69) is 26.0 Å². The molecular weight excluding hydrogens is 250 g/mol. The van der Waals surface area contributed by atoms with E-state index in [-0.39, 0.29) is 5.56 Å². The summed E-state index contributed by atoms with van der Waals surface area (Å²) < 4.78 is 7.03. The number of nitrogens with zero attached hydrogens (tertiary/aromatic N) is 2. The van der Waals surface area contributed by atoms with Crippen LogP contribution in [0.4, 0.5) is 0 Å². The highest BCUT2D eigenvalue weighted by molar-refractivity contribution is 9.10. The standard InChI is InChI=1S/C8H8BrN3O2/c1-14-4-5-2-7(13)12-8(11-5)6(9)3-10-12/h2-3,10H,4H2,1H3. The molecule has 0 aliphatic heterocycles. The predicted molar refractivity (Wildman–Crippen MR) is 54.2 cm³/mol. The Labute approximate surface area is 87.8 Å². The Bertz CT molecular complexity index is 517. The smallest absolute Gasteiger partial charge is 0.273 e. The monoisotopic (exact) mass is 257 g/mol. The minimum Gasteiger partial charge on any atom is -0.378 e. The molecule has 14 heavy (non-hydrogen) atoms. The molecule has 0 bridgehead atoms. The van der Waals surface area contributed by atoms with Crippen molar-refractivity contribution in [2.75, 3.05) is 7.11 Å². The number of nitrogens with one attached hydrogen (secondary N) is 1. The van der Waals surface area contributed by atoms with E-state index in [1.165, 1.54) is 10.6 Å². The maximum absolute atomic E-state index is 11.5. The molecule has 74 valence electrons. The molecule has 0 aromatic carbocycles. The molecule has 0 amide bonds. The van der Waals surface area contributed by atoms with Crippen molar-refractivity contribution in [3.63, 3.8) is 0 Å². The van der Waals surface area contributed by atoms with Gasteiger partial charge < -0.3 is 4.74 Å². The van der Waals surface area contributed by atoms with Gasteiger partial charge >= 0.3 is 0 Å². The van der Waals surface area contributed by atoms with E-state index >= 15 is 0 Å². The Morgan fingerprint density at radius 2 is 2.50 bits per heavy atom. The zero-order valence-electron chi connectivity index (χ0n) is 7.45. The number of aromatic amines is 1. The van der Waals surface area contributed by atoms with Crippen molar-refractivity contribution < 1.29 is 4.74 Å². The largest absolute Gasteiger partial charge is 0.378 e. The van der Waals surface area contributed by atoms with Crippen LogP contribution in [0.5, 0.6) is 0 Å². The van der Waals surface area contributed by atoms with Gasteiger partial charge in [-0.15, -0.1) is 0 Å². The number of rotatable bonds is 2. The first-order valence-electron chi connectivity index (χ1n) is 3.97. The zero-order valence-corrected chi connectivity index (χ0v) is 9.04. The van der Waals surface area contributed by atoms with Crippen LogP contribution in [-0.4, -0.2) is 21.7 Å². The summed E-state index contributed by atoms with van der Waals surface area (Å²) in [5, 5.41) is 2.78. The van der Waals surface area contributed by atoms with Crippen molar-refractivity contribution >= 4 is 21.6 Å². The van der Waals surface area contributed by atoms with Crippen LogP contribution in [0.3, 0.4) is 0 Å². The third kappa shape index (κ3) is 1.46. The van der Waals surface area contributed by atoms with Crippen LogP contribution >= 0.6 is 15.9 Å². The lowest BCUT2D eigenvalue weighted by molar-refractivity contribution is 0.181. The summed E-state index contributed by atoms with van der Waals surface area (Å²) in [6, 6.07) is 1.44. The van der Waals surface area contributed by atoms with Gasteiger partial charge in [0.1, 0.15) is 0 Å². The molecule has 5 nitrogen and oxygen atoms in total. The van der Waals surface area contributed by atoms with Gasteiger partial charge in [-0.05, 0) is 15.9 Å². The van der Waals surface area contributed by atoms with Crippen LogP contribution in [0, 0.1) is 0 Å². The highest BCUT2D eigenvalue weighted by Crippen LogP contribution is 2.13. The number of ether oxygens (including phenoxy) is 1. The molecule has 2 aromatic rings. The summed E-state index contributed by atoms with van der Waals surface area (Å²) in [4.78, 5) is 15.7. The number of hydrogen-bond acceptors (Lipinski definition) is 3. The maximum atomic E-state index is 11.5. The molecule has 1 N–H and O–H groups in total. The third-order valence-corrected chi connectivity index (χ3v) is 2.38. The van der Waals surface area contributed by atoms with Gasteiger partial charge in [0, 0.05) is 19.4 Å². The number of halogens is 1. The molecule has 0 radical (unpaired) electrons. The number of hydrogen-bond donors (Lipinski definition) is 1. The van der Waals surface area contributed by atoms with Crippen molar-refractivity contribution in [2.24, 2.45) is 0 Å². The number of H-pyrrole nitrogens is 1. The second-order valence-electron chi connectivity index (χ2n) is 2.80. The Kier molecular flexibility index (Phi) is 2.39. The molecule has 0 fully saturated rings. The third-order valence-electron chi connectivity index (χ3n) is 1.80. The van der Waals surface area contributed by atoms with Crippen LogP contribution in [0.1, 0.15) is 5.69 Å². The Balaban J connectivity index is 2.69. The SMILES string of the molecule is COCc1cc(=O)n2[nH]cc(Br)c2n1. The molecule has 0 aliphatic rings. The van der Waals surface area contributed by atoms with Crippen molar-refractivity contribution in [1.82, 2.24) is 14.6 Å². The predicted octanol–water partition coefficient (Wildman–Crippen LogP) is 0.931. The lowest BCUT2D eigenvalue weighted by atomic mass is 10.4. The Morgan fingerprint density at radius 1 is 1.71 bits per heavy atom. The second-order valence-corrected chi connectivity index (χ2v) is 3.65. The van der Waals surface area contributed by atoms with Gasteiger partial charge in [0.25, 0.3) is 5.56 Å². The van der Waals surface area contributed by atoms with Gasteiger partial charge in [0.05, 0.1) is 16.8 Å². The average molecular weight is 258 g/mol. The summed E-state index contributed by atoms with van der Waals surface area (Å²) in [5.74, 6) is 0. The summed E-state index contributed by atoms with van der Waals surface area (Å²) in [6.07, 6.45) is 1.67. The van der Waals surface area contributed by atoms with Gasteiger partial charge in [-0.3, -0.25) is 9.89 Å². The molecule has 0 spiro atoms. The van der Waals surface area contributed by atoms with Crippen LogP contribution in [0.25, 0.3) is 5.65 Å². The Hall–Kier alpha value is -1.14. The van der Waals surface area contributed by atoms with Gasteiger partial charge in [0.2, 0.25) is 0 Å². The van der Waals surface area contributed by atoms with Gasteiger partial charge in [0.15, 0.2) is 5.65 Å². The quantitative estimate of drug-likeness (QED) is 0.871. The van der Waals surface area contributed by atoms with E-state index in [1.807, 2.05) is 0 Å². The maximum Gasteiger partial charge on any atom is 0.273 e. The van der Waals surface area contributed by atoms with E-state index in [9.17, 15) is 4.79 Å². The normalized spacial score (nSPS) is 11.0. The fourth-order valence-corrected chi connectivity index (χ4v) is 1.59. The van der Waals surface area contributed by atoms with E-state index in [1.54, 1.807) is 13.3 Å². The molecule has 0 saturated heterocycles. The molecule has 0 aliphatic carbocycles. The molecular formula is C8H8BrN3O2. The topological polar surface area (TPSA) is 59.4 Å². The van der Waals surface area contributed by atoms with Crippen molar-refractivity contribution in [1.29, 1.82) is 0 Å². The van der Waals surface area contributed by atoms with Crippen LogP contribution in [0.15, 0.2) is 21.5 Å². The van der Waals surface area contributed by atoms with Crippen molar-refractivity contribution in [3.8, 4) is 0 Å². The van der Waals surface area contributed by atoms with Crippen molar-refractivity contribution in [3.05, 3.63) is 32.8 Å². The minimum atomic E-state index is -0.146. The lowest BCUT2D eigenvalue weighted by Crippen LogP contribution is -2.15. The first-order chi connectivity index (χ1) is 6.72.